The molecule has 2 unspecified atom stereocenters. The third-order valence-corrected chi connectivity index (χ3v) is 5.73. The number of carbonyl (C=O) groups excluding carboxylic acids is 3. The molecule has 26 heavy (non-hydrogen) atoms. The summed E-state index contributed by atoms with van der Waals surface area (Å²) >= 11 is 0. The highest BCUT2D eigenvalue weighted by Gasteiger charge is 2.38. The lowest BCUT2D eigenvalue weighted by Crippen LogP contribution is -2.55. The number of hydrogen-bond donors (Lipinski definition) is 0. The van der Waals surface area contributed by atoms with Gasteiger partial charge in [0.05, 0.1) is 29.9 Å². The van der Waals surface area contributed by atoms with Crippen LogP contribution in [0.4, 0.5) is 0 Å². The quantitative estimate of drug-likeness (QED) is 0.779. The van der Waals surface area contributed by atoms with Crippen LogP contribution in [0.25, 0.3) is 0 Å². The maximum atomic E-state index is 12.8. The average molecular weight is 356 g/mol. The molecule has 0 bridgehead atoms. The molecule has 1 saturated carbocycles. The number of amides is 3. The monoisotopic (exact) mass is 356 g/mol. The van der Waals surface area contributed by atoms with Gasteiger partial charge in [0.25, 0.3) is 11.8 Å². The van der Waals surface area contributed by atoms with Gasteiger partial charge in [-0.15, -0.1) is 0 Å². The molecule has 2 aliphatic heterocycles. The minimum atomic E-state index is -0.296. The largest absolute Gasteiger partial charge is 0.374 e. The average Bonchev–Trinajstić information content (AvgIpc) is 2.89. The molecule has 0 spiro atoms. The van der Waals surface area contributed by atoms with E-state index in [4.69, 9.17) is 4.74 Å². The van der Waals surface area contributed by atoms with E-state index in [1.165, 1.54) is 4.90 Å². The molecule has 1 aromatic rings. The van der Waals surface area contributed by atoms with Gasteiger partial charge in [-0.25, -0.2) is 0 Å². The Morgan fingerprint density at radius 1 is 1.15 bits per heavy atom. The van der Waals surface area contributed by atoms with Gasteiger partial charge in [0, 0.05) is 19.5 Å². The molecule has 6 nitrogen and oxygen atoms in total. The van der Waals surface area contributed by atoms with Crippen molar-refractivity contribution in [1.29, 1.82) is 0 Å². The number of fused-ring (bicyclic) bond motifs is 2. The first-order valence-corrected chi connectivity index (χ1v) is 9.44. The number of benzene rings is 1. The Morgan fingerprint density at radius 3 is 2.77 bits per heavy atom. The van der Waals surface area contributed by atoms with Crippen LogP contribution in [0, 0.1) is 6.92 Å². The maximum absolute atomic E-state index is 12.8. The SMILES string of the molecule is Cc1ccc2c(c1)C(=O)N(CCC(=O)N1CCOC3CCCCC31)C2=O. The van der Waals surface area contributed by atoms with Crippen molar-refractivity contribution < 1.29 is 19.1 Å². The predicted octanol–water partition coefficient (Wildman–Crippen LogP) is 2.15. The Labute approximate surface area is 153 Å². The highest BCUT2D eigenvalue weighted by molar-refractivity contribution is 6.21. The molecule has 4 rings (SSSR count). The second-order valence-corrected chi connectivity index (χ2v) is 7.41. The summed E-state index contributed by atoms with van der Waals surface area (Å²) in [6, 6.07) is 5.41. The zero-order valence-electron chi connectivity index (χ0n) is 15.1. The molecule has 3 amide bonds. The lowest BCUT2D eigenvalue weighted by atomic mass is 9.90. The molecule has 2 heterocycles. The van der Waals surface area contributed by atoms with Crippen LogP contribution in [0.2, 0.25) is 0 Å². The molecule has 0 aromatic heterocycles. The molecule has 1 aliphatic carbocycles. The van der Waals surface area contributed by atoms with Gasteiger partial charge >= 0.3 is 0 Å². The molecule has 138 valence electrons. The van der Waals surface area contributed by atoms with Crippen molar-refractivity contribution in [2.45, 2.75) is 51.2 Å². The van der Waals surface area contributed by atoms with E-state index in [1.54, 1.807) is 12.1 Å². The molecule has 1 saturated heterocycles. The van der Waals surface area contributed by atoms with E-state index < -0.39 is 0 Å². The second kappa shape index (κ2) is 6.83. The zero-order chi connectivity index (χ0) is 18.3. The molecule has 1 aromatic carbocycles. The molecule has 0 radical (unpaired) electrons. The molecule has 6 heteroatoms. The van der Waals surface area contributed by atoms with Gasteiger partial charge in [-0.2, -0.15) is 0 Å². The van der Waals surface area contributed by atoms with Gasteiger partial charge in [-0.05, 0) is 31.9 Å². The maximum Gasteiger partial charge on any atom is 0.261 e. The Hall–Kier alpha value is -2.21. The summed E-state index contributed by atoms with van der Waals surface area (Å²) in [5.41, 5.74) is 1.83. The van der Waals surface area contributed by atoms with Crippen LogP contribution < -0.4 is 0 Å². The number of rotatable bonds is 3. The van der Waals surface area contributed by atoms with E-state index in [2.05, 4.69) is 0 Å². The summed E-state index contributed by atoms with van der Waals surface area (Å²) in [5, 5.41) is 0. The molecule has 3 aliphatic rings. The van der Waals surface area contributed by atoms with E-state index in [-0.39, 0.29) is 42.8 Å². The number of imide groups is 1. The second-order valence-electron chi connectivity index (χ2n) is 7.41. The fourth-order valence-corrected chi connectivity index (χ4v) is 4.36. The third-order valence-electron chi connectivity index (χ3n) is 5.73. The van der Waals surface area contributed by atoms with Crippen molar-refractivity contribution in [1.82, 2.24) is 9.80 Å². The summed E-state index contributed by atoms with van der Waals surface area (Å²) in [5.74, 6) is -0.577. The Balaban J connectivity index is 1.42. The minimum Gasteiger partial charge on any atom is -0.374 e. The first-order chi connectivity index (χ1) is 12.6. The minimum absolute atomic E-state index is 0.0120. The number of ether oxygens (including phenoxy) is 1. The summed E-state index contributed by atoms with van der Waals surface area (Å²) < 4.78 is 5.82. The van der Waals surface area contributed by atoms with E-state index in [9.17, 15) is 14.4 Å². The number of nitrogens with zero attached hydrogens (tertiary/aromatic N) is 2. The number of hydrogen-bond acceptors (Lipinski definition) is 4. The summed E-state index contributed by atoms with van der Waals surface area (Å²) in [4.78, 5) is 40.9. The van der Waals surface area contributed by atoms with E-state index in [0.29, 0.717) is 24.3 Å². The molecular formula is C20H24N2O4. The Morgan fingerprint density at radius 2 is 1.92 bits per heavy atom. The lowest BCUT2D eigenvalue weighted by molar-refractivity contribution is -0.149. The van der Waals surface area contributed by atoms with E-state index in [0.717, 1.165) is 31.2 Å². The first kappa shape index (κ1) is 17.2. The number of aryl methyl sites for hydroxylation is 1. The smallest absolute Gasteiger partial charge is 0.261 e. The van der Waals surface area contributed by atoms with Crippen LogP contribution in [0.3, 0.4) is 0 Å². The summed E-state index contributed by atoms with van der Waals surface area (Å²) in [6.45, 7) is 3.20. The van der Waals surface area contributed by atoms with Crippen LogP contribution in [0.5, 0.6) is 0 Å². The Bertz CT molecular complexity index is 758. The summed E-state index contributed by atoms with van der Waals surface area (Å²) in [6.07, 6.45) is 4.57. The molecular weight excluding hydrogens is 332 g/mol. The van der Waals surface area contributed by atoms with Crippen molar-refractivity contribution in [3.8, 4) is 0 Å². The van der Waals surface area contributed by atoms with Crippen LogP contribution >= 0.6 is 0 Å². The van der Waals surface area contributed by atoms with Crippen LogP contribution in [-0.2, 0) is 9.53 Å². The van der Waals surface area contributed by atoms with Crippen molar-refractivity contribution in [3.63, 3.8) is 0 Å². The predicted molar refractivity (Wildman–Crippen MR) is 94.9 cm³/mol. The normalized spacial score (nSPS) is 25.3. The van der Waals surface area contributed by atoms with E-state index in [1.807, 2.05) is 17.9 Å². The van der Waals surface area contributed by atoms with Crippen LogP contribution in [0.15, 0.2) is 18.2 Å². The van der Waals surface area contributed by atoms with Gasteiger partial charge in [0.1, 0.15) is 0 Å². The van der Waals surface area contributed by atoms with Gasteiger partial charge in [0.2, 0.25) is 5.91 Å². The van der Waals surface area contributed by atoms with Crippen molar-refractivity contribution >= 4 is 17.7 Å². The highest BCUT2D eigenvalue weighted by atomic mass is 16.5. The fourth-order valence-electron chi connectivity index (χ4n) is 4.36. The lowest BCUT2D eigenvalue weighted by Gasteiger charge is -2.44. The number of carbonyl (C=O) groups is 3. The van der Waals surface area contributed by atoms with Crippen molar-refractivity contribution in [3.05, 3.63) is 34.9 Å². The van der Waals surface area contributed by atoms with Crippen LogP contribution in [0.1, 0.15) is 58.4 Å². The topological polar surface area (TPSA) is 66.9 Å². The van der Waals surface area contributed by atoms with Gasteiger partial charge in [0.15, 0.2) is 0 Å². The van der Waals surface area contributed by atoms with E-state index >= 15 is 0 Å². The van der Waals surface area contributed by atoms with Crippen LogP contribution in [-0.4, -0.2) is 59.4 Å². The highest BCUT2D eigenvalue weighted by Crippen LogP contribution is 2.29. The van der Waals surface area contributed by atoms with Gasteiger partial charge in [-0.3, -0.25) is 19.3 Å². The number of morpholine rings is 1. The Kier molecular flexibility index (Phi) is 4.53. The third kappa shape index (κ3) is 2.92. The zero-order valence-corrected chi connectivity index (χ0v) is 15.1. The van der Waals surface area contributed by atoms with Crippen molar-refractivity contribution in [2.75, 3.05) is 19.7 Å². The molecule has 0 N–H and O–H groups in total. The first-order valence-electron chi connectivity index (χ1n) is 9.44. The van der Waals surface area contributed by atoms with Gasteiger partial charge < -0.3 is 9.64 Å². The molecule has 2 atom stereocenters. The molecule has 2 fully saturated rings. The fraction of sp³-hybridized carbons (Fsp3) is 0.550. The van der Waals surface area contributed by atoms with Crippen molar-refractivity contribution in [2.24, 2.45) is 0 Å². The standard InChI is InChI=1S/C20H24N2O4/c1-13-6-7-14-15(12-13)20(25)22(19(14)24)9-8-18(23)21-10-11-26-17-5-3-2-4-16(17)21/h6-7,12,16-17H,2-5,8-11H2,1H3. The summed E-state index contributed by atoms with van der Waals surface area (Å²) in [7, 11) is 0. The van der Waals surface area contributed by atoms with Gasteiger partial charge in [-0.1, -0.05) is 24.5 Å².